The van der Waals surface area contributed by atoms with Crippen molar-refractivity contribution in [3.8, 4) is 77.9 Å². The highest BCUT2D eigenvalue weighted by Gasteiger charge is 2.50. The molecule has 0 amide bonds. The maximum Gasteiger partial charge on any atom is 0.252 e. The van der Waals surface area contributed by atoms with Crippen LogP contribution < -0.4 is 26.2 Å². The molecule has 0 radical (unpaired) electrons. The van der Waals surface area contributed by atoms with Crippen molar-refractivity contribution in [2.24, 2.45) is 0 Å². The maximum atomic E-state index is 2.73. The average Bonchev–Trinajstić information content (AvgIpc) is 1.23. The van der Waals surface area contributed by atoms with Crippen molar-refractivity contribution in [2.75, 3.05) is 9.80 Å². The molecular formula is C97H81BN2. The van der Waals surface area contributed by atoms with Crippen molar-refractivity contribution < 1.29 is 0 Å². The van der Waals surface area contributed by atoms with E-state index in [-0.39, 0.29) is 23.0 Å². The summed E-state index contributed by atoms with van der Waals surface area (Å²) in [5, 5.41) is 0. The zero-order chi connectivity index (χ0) is 68.2. The summed E-state index contributed by atoms with van der Waals surface area (Å²) in [4.78, 5) is 5.44. The van der Waals surface area contributed by atoms with Crippen molar-refractivity contribution in [1.29, 1.82) is 0 Å². The molecule has 0 N–H and O–H groups in total. The number of benzene rings is 14. The molecule has 1 aliphatic carbocycles. The Bertz CT molecular complexity index is 5280. The van der Waals surface area contributed by atoms with Gasteiger partial charge in [-0.1, -0.05) is 366 Å². The van der Waals surface area contributed by atoms with Crippen LogP contribution in [0.15, 0.2) is 328 Å². The fraction of sp³-hybridized carbons (Fsp3) is 0.134. The second-order valence-electron chi connectivity index (χ2n) is 30.8. The fourth-order valence-electron chi connectivity index (χ4n) is 16.7. The highest BCUT2D eigenvalue weighted by atomic mass is 15.2. The molecule has 3 heteroatoms. The first-order chi connectivity index (χ1) is 48.5. The fourth-order valence-corrected chi connectivity index (χ4v) is 16.7. The minimum absolute atomic E-state index is 0.0871. The number of rotatable bonds is 10. The Morgan fingerprint density at radius 1 is 0.250 bits per heavy atom. The largest absolute Gasteiger partial charge is 0.310 e. The molecular weight excluding hydrogens is 1200 g/mol. The third kappa shape index (κ3) is 10.2. The van der Waals surface area contributed by atoms with Crippen molar-refractivity contribution in [3.05, 3.63) is 367 Å². The lowest BCUT2D eigenvalue weighted by Crippen LogP contribution is -2.61. The van der Waals surface area contributed by atoms with Gasteiger partial charge >= 0.3 is 0 Å². The van der Waals surface area contributed by atoms with Crippen LogP contribution in [-0.4, -0.2) is 6.71 Å². The van der Waals surface area contributed by atoms with Crippen molar-refractivity contribution >= 4 is 57.2 Å². The first kappa shape index (κ1) is 62.3. The molecule has 0 atom stereocenters. The van der Waals surface area contributed by atoms with E-state index in [2.05, 4.69) is 400 Å². The molecule has 2 nitrogen and oxygen atoms in total. The smallest absolute Gasteiger partial charge is 0.252 e. The van der Waals surface area contributed by atoms with Crippen LogP contribution in [0.1, 0.15) is 101 Å². The highest BCUT2D eigenvalue weighted by Crippen LogP contribution is 2.61. The molecule has 0 aromatic heterocycles. The number of para-hydroxylation sites is 2. The van der Waals surface area contributed by atoms with Crippen LogP contribution in [-0.2, 0) is 21.7 Å². The van der Waals surface area contributed by atoms with Crippen LogP contribution >= 0.6 is 0 Å². The molecule has 0 saturated carbocycles. The lowest BCUT2D eigenvalue weighted by atomic mass is 9.33. The quantitative estimate of drug-likeness (QED) is 0.126. The second kappa shape index (κ2) is 24.0. The molecule has 2 aliphatic heterocycles. The summed E-state index contributed by atoms with van der Waals surface area (Å²) in [5.41, 5.74) is 34.9. The Hall–Kier alpha value is -11.3. The van der Waals surface area contributed by atoms with Gasteiger partial charge in [0.25, 0.3) is 6.71 Å². The molecule has 482 valence electrons. The lowest BCUT2D eigenvalue weighted by Gasteiger charge is -2.46. The summed E-state index contributed by atoms with van der Waals surface area (Å²) in [5.74, 6) is 0. The van der Waals surface area contributed by atoms with E-state index < -0.39 is 5.41 Å². The monoisotopic (exact) mass is 1280 g/mol. The molecule has 2 heterocycles. The minimum atomic E-state index is -0.699. The van der Waals surface area contributed by atoms with Gasteiger partial charge in [0.15, 0.2) is 0 Å². The van der Waals surface area contributed by atoms with Gasteiger partial charge < -0.3 is 9.80 Å². The Morgan fingerprint density at radius 3 is 1.11 bits per heavy atom. The van der Waals surface area contributed by atoms with Gasteiger partial charge in [0, 0.05) is 45.0 Å². The molecule has 17 rings (SSSR count). The summed E-state index contributed by atoms with van der Waals surface area (Å²) in [6.45, 7) is 21.0. The third-order valence-corrected chi connectivity index (χ3v) is 21.6. The summed E-state index contributed by atoms with van der Waals surface area (Å²) < 4.78 is 0. The van der Waals surface area contributed by atoms with Gasteiger partial charge in [0.1, 0.15) is 0 Å². The Labute approximate surface area is 591 Å². The molecule has 14 aromatic carbocycles. The Balaban J connectivity index is 1.08. The minimum Gasteiger partial charge on any atom is -0.310 e. The standard InChI is InChI=1S/C97H81BN2/c1-94(2,3)73-54-55-84-87(63-73)100(93-79(66-37-20-12-21-38-66)49-32-50-80(93)67-39-22-13-23-40-67)89-61-70(76-46-30-51-82-81-45-28-29-52-83(81)97(90(76)82,71-41-24-14-25-42-71)72-43-26-15-27-44-72)60-88-91(89)98(84)85-59-68(69-57-74(95(4,5)6)62-75(58-69)96(7,8)9)53-56-86(85)99(88)92-77(64-33-16-10-17-34-64)47-31-48-78(92)65-35-18-11-19-36-65/h10-63H,1-9H3. The number of hydrogen-bond donors (Lipinski definition) is 0. The number of anilines is 6. The second-order valence-corrected chi connectivity index (χ2v) is 30.8. The number of hydrogen-bond acceptors (Lipinski definition) is 2. The van der Waals surface area contributed by atoms with Crippen LogP contribution in [0.3, 0.4) is 0 Å². The Morgan fingerprint density at radius 2 is 0.650 bits per heavy atom. The van der Waals surface area contributed by atoms with E-state index in [0.29, 0.717) is 0 Å². The topological polar surface area (TPSA) is 6.48 Å². The molecule has 0 saturated heterocycles. The summed E-state index contributed by atoms with van der Waals surface area (Å²) in [6, 6.07) is 125. The molecule has 0 spiro atoms. The first-order valence-corrected chi connectivity index (χ1v) is 35.6. The average molecular weight is 1290 g/mol. The van der Waals surface area contributed by atoms with Crippen LogP contribution in [0.4, 0.5) is 34.1 Å². The number of nitrogens with zero attached hydrogens (tertiary/aromatic N) is 2. The highest BCUT2D eigenvalue weighted by molar-refractivity contribution is 7.00. The van der Waals surface area contributed by atoms with Crippen LogP contribution in [0, 0.1) is 0 Å². The number of fused-ring (bicyclic) bond motifs is 7. The van der Waals surface area contributed by atoms with E-state index in [0.717, 1.165) is 78.5 Å². The molecule has 14 aromatic rings. The zero-order valence-corrected chi connectivity index (χ0v) is 58.6. The Kier molecular flexibility index (Phi) is 15.0. The molecule has 0 fully saturated rings. The van der Waals surface area contributed by atoms with Gasteiger partial charge in [-0.3, -0.25) is 0 Å². The van der Waals surface area contributed by atoms with E-state index >= 15 is 0 Å². The van der Waals surface area contributed by atoms with Crippen LogP contribution in [0.25, 0.3) is 77.9 Å². The molecule has 3 aliphatic rings. The predicted octanol–water partition coefficient (Wildman–Crippen LogP) is 24.0. The van der Waals surface area contributed by atoms with E-state index in [1.807, 2.05) is 0 Å². The predicted molar refractivity (Wildman–Crippen MR) is 426 cm³/mol. The van der Waals surface area contributed by atoms with Crippen molar-refractivity contribution in [1.82, 2.24) is 0 Å². The third-order valence-electron chi connectivity index (χ3n) is 21.6. The molecule has 100 heavy (non-hydrogen) atoms. The van der Waals surface area contributed by atoms with Crippen molar-refractivity contribution in [3.63, 3.8) is 0 Å². The summed E-state index contributed by atoms with van der Waals surface area (Å²) >= 11 is 0. The molecule has 0 unspecified atom stereocenters. The van der Waals surface area contributed by atoms with Crippen LogP contribution in [0.5, 0.6) is 0 Å². The lowest BCUT2D eigenvalue weighted by molar-refractivity contribution is 0.569. The van der Waals surface area contributed by atoms with Gasteiger partial charge in [0.05, 0.1) is 16.8 Å². The van der Waals surface area contributed by atoms with Gasteiger partial charge in [-0.05, 0) is 151 Å². The first-order valence-electron chi connectivity index (χ1n) is 35.6. The zero-order valence-electron chi connectivity index (χ0n) is 58.6. The van der Waals surface area contributed by atoms with Gasteiger partial charge in [-0.2, -0.15) is 0 Å². The van der Waals surface area contributed by atoms with E-state index in [9.17, 15) is 0 Å². The van der Waals surface area contributed by atoms with Gasteiger partial charge in [-0.15, -0.1) is 0 Å². The van der Waals surface area contributed by atoms with E-state index in [1.165, 1.54) is 88.8 Å². The van der Waals surface area contributed by atoms with Gasteiger partial charge in [0.2, 0.25) is 0 Å². The van der Waals surface area contributed by atoms with E-state index in [1.54, 1.807) is 0 Å². The summed E-state index contributed by atoms with van der Waals surface area (Å²) in [7, 11) is 0. The SMILES string of the molecule is CC(C)(C)c1cc(-c2ccc3c(c2)B2c4ccc(C(C)(C)C)cc4N(c4c(-c5ccccc5)cccc4-c4ccccc4)c4cc(-c5cccc6c5C(c5ccccc5)(c5ccccc5)c5ccccc5-6)cc(c42)N3c2c(-c3ccccc3)cccc2-c2ccccc2)cc(C(C)(C)C)c1. The molecule has 0 bridgehead atoms. The van der Waals surface area contributed by atoms with Crippen LogP contribution in [0.2, 0.25) is 0 Å². The maximum absolute atomic E-state index is 2.73. The van der Waals surface area contributed by atoms with Crippen molar-refractivity contribution in [2.45, 2.75) is 84.0 Å². The summed E-state index contributed by atoms with van der Waals surface area (Å²) in [6.07, 6.45) is 0. The van der Waals surface area contributed by atoms with Gasteiger partial charge in [-0.25, -0.2) is 0 Å². The van der Waals surface area contributed by atoms with E-state index in [4.69, 9.17) is 0 Å². The normalized spacial score (nSPS) is 13.5.